The molecule has 9 heteroatoms. The fourth-order valence-corrected chi connectivity index (χ4v) is 6.06. The summed E-state index contributed by atoms with van der Waals surface area (Å²) in [6, 6.07) is 9.25. The zero-order valence-electron chi connectivity index (χ0n) is 16.0. The van der Waals surface area contributed by atoms with Crippen LogP contribution in [0.15, 0.2) is 58.0 Å². The average Bonchev–Trinajstić information content (AvgIpc) is 3.16. The molecule has 0 unspecified atom stereocenters. The van der Waals surface area contributed by atoms with E-state index in [1.807, 2.05) is 19.1 Å². The van der Waals surface area contributed by atoms with E-state index in [0.29, 0.717) is 32.6 Å². The molecule has 1 saturated heterocycles. The number of hydrogen-bond acceptors (Lipinski definition) is 5. The number of para-hydroxylation sites is 1. The van der Waals surface area contributed by atoms with Gasteiger partial charge < -0.3 is 10.1 Å². The maximum atomic E-state index is 13.1. The number of hydrogen-bond donors (Lipinski definition) is 2. The molecule has 156 valence electrons. The second-order valence-corrected chi connectivity index (χ2v) is 9.12. The summed E-state index contributed by atoms with van der Waals surface area (Å²) in [6.07, 6.45) is 1.64. The fourth-order valence-electron chi connectivity index (χ4n) is 4.61. The van der Waals surface area contributed by atoms with E-state index < -0.39 is 23.4 Å². The SMILES string of the molecule is C=CCOc1c(Br)cc([C@@H]2[C@H](C)N[C@]3(C(=O)Nc4ccccc43)[C@H]2[N+](=O)[O-])cc1Br. The third-order valence-electron chi connectivity index (χ3n) is 5.71. The minimum absolute atomic E-state index is 0.323. The smallest absolute Gasteiger partial charge is 0.256 e. The number of nitrogens with zero attached hydrogens (tertiary/aromatic N) is 1. The number of anilines is 1. The molecule has 2 heterocycles. The van der Waals surface area contributed by atoms with E-state index >= 15 is 0 Å². The van der Waals surface area contributed by atoms with Gasteiger partial charge >= 0.3 is 0 Å². The second-order valence-electron chi connectivity index (χ2n) is 7.41. The molecule has 2 aliphatic heterocycles. The van der Waals surface area contributed by atoms with Crippen molar-refractivity contribution in [3.63, 3.8) is 0 Å². The van der Waals surface area contributed by atoms with E-state index in [-0.39, 0.29) is 11.0 Å². The Hall–Kier alpha value is -2.23. The number of carbonyl (C=O) groups excluding carboxylic acids is 1. The van der Waals surface area contributed by atoms with Crippen LogP contribution in [0.25, 0.3) is 0 Å². The van der Waals surface area contributed by atoms with Gasteiger partial charge in [0.1, 0.15) is 12.4 Å². The van der Waals surface area contributed by atoms with E-state index in [0.717, 1.165) is 5.56 Å². The number of nitro groups is 1. The first-order valence-corrected chi connectivity index (χ1v) is 10.9. The lowest BCUT2D eigenvalue weighted by molar-refractivity contribution is -0.532. The van der Waals surface area contributed by atoms with Crippen LogP contribution < -0.4 is 15.4 Å². The molecule has 0 aromatic heterocycles. The van der Waals surface area contributed by atoms with E-state index in [1.165, 1.54) is 0 Å². The van der Waals surface area contributed by atoms with Crippen molar-refractivity contribution in [3.8, 4) is 5.75 Å². The number of nitrogens with one attached hydrogen (secondary N) is 2. The van der Waals surface area contributed by atoms with Crippen molar-refractivity contribution < 1.29 is 14.5 Å². The van der Waals surface area contributed by atoms with Gasteiger partial charge in [0.25, 0.3) is 11.9 Å². The first kappa shape index (κ1) is 21.0. The standard InChI is InChI=1S/C21H19Br2N3O4/c1-3-8-30-18-14(22)9-12(10-15(18)23)17-11(2)25-21(19(17)26(28)29)13-6-4-5-7-16(13)24-20(21)27/h3-7,9-11,17,19,25H,1,8H2,2H3,(H,24,27)/t11-,17-,19-,21-/m0/s1. The van der Waals surface area contributed by atoms with Gasteiger partial charge in [0, 0.05) is 22.2 Å². The topological polar surface area (TPSA) is 93.5 Å². The third-order valence-corrected chi connectivity index (χ3v) is 6.89. The van der Waals surface area contributed by atoms with Gasteiger partial charge in [0.15, 0.2) is 5.54 Å². The van der Waals surface area contributed by atoms with Gasteiger partial charge in [-0.3, -0.25) is 20.2 Å². The molecule has 1 spiro atoms. The molecule has 1 fully saturated rings. The summed E-state index contributed by atoms with van der Waals surface area (Å²) in [4.78, 5) is 25.1. The second kappa shape index (κ2) is 7.79. The summed E-state index contributed by atoms with van der Waals surface area (Å²) in [7, 11) is 0. The molecule has 0 radical (unpaired) electrons. The first-order valence-electron chi connectivity index (χ1n) is 9.36. The van der Waals surface area contributed by atoms with Crippen molar-refractivity contribution in [2.75, 3.05) is 11.9 Å². The summed E-state index contributed by atoms with van der Waals surface area (Å²) in [5.41, 5.74) is 0.511. The molecule has 2 N–H and O–H groups in total. The van der Waals surface area contributed by atoms with Gasteiger partial charge in [-0.15, -0.1) is 0 Å². The largest absolute Gasteiger partial charge is 0.487 e. The van der Waals surface area contributed by atoms with Crippen LogP contribution in [0.4, 0.5) is 5.69 Å². The lowest BCUT2D eigenvalue weighted by Crippen LogP contribution is -2.54. The Kier molecular flexibility index (Phi) is 5.46. The highest BCUT2D eigenvalue weighted by Gasteiger charge is 2.67. The van der Waals surface area contributed by atoms with E-state index in [9.17, 15) is 14.9 Å². The molecule has 4 atom stereocenters. The Morgan fingerprint density at radius 2 is 1.97 bits per heavy atom. The summed E-state index contributed by atoms with van der Waals surface area (Å²) in [6.45, 7) is 5.84. The number of amides is 1. The van der Waals surface area contributed by atoms with Gasteiger partial charge in [-0.25, -0.2) is 0 Å². The first-order chi connectivity index (χ1) is 14.3. The minimum atomic E-state index is -1.43. The molecule has 7 nitrogen and oxygen atoms in total. The average molecular weight is 537 g/mol. The highest BCUT2D eigenvalue weighted by atomic mass is 79.9. The van der Waals surface area contributed by atoms with Crippen LogP contribution in [0.1, 0.15) is 24.0 Å². The summed E-state index contributed by atoms with van der Waals surface area (Å²) in [5.74, 6) is -0.352. The van der Waals surface area contributed by atoms with Crippen molar-refractivity contribution in [1.82, 2.24) is 5.32 Å². The maximum Gasteiger partial charge on any atom is 0.256 e. The van der Waals surface area contributed by atoms with Crippen molar-refractivity contribution >= 4 is 43.5 Å². The van der Waals surface area contributed by atoms with Gasteiger partial charge in [0.05, 0.1) is 14.9 Å². The summed E-state index contributed by atoms with van der Waals surface area (Å²) >= 11 is 7.01. The minimum Gasteiger partial charge on any atom is -0.487 e. The van der Waals surface area contributed by atoms with Crippen LogP contribution >= 0.6 is 31.9 Å². The normalized spacial score (nSPS) is 27.0. The zero-order valence-corrected chi connectivity index (χ0v) is 19.2. The Morgan fingerprint density at radius 1 is 1.30 bits per heavy atom. The fraction of sp³-hybridized carbons (Fsp3) is 0.286. The van der Waals surface area contributed by atoms with Gasteiger partial charge in [-0.1, -0.05) is 30.9 Å². The van der Waals surface area contributed by atoms with Crippen LogP contribution in [0.5, 0.6) is 5.75 Å². The van der Waals surface area contributed by atoms with Crippen molar-refractivity contribution in [1.29, 1.82) is 0 Å². The van der Waals surface area contributed by atoms with Crippen molar-refractivity contribution in [2.24, 2.45) is 0 Å². The van der Waals surface area contributed by atoms with Crippen LogP contribution in [-0.4, -0.2) is 29.5 Å². The Bertz CT molecular complexity index is 1040. The lowest BCUT2D eigenvalue weighted by Gasteiger charge is -2.25. The molecule has 4 rings (SSSR count). The quantitative estimate of drug-likeness (QED) is 0.337. The predicted molar refractivity (Wildman–Crippen MR) is 120 cm³/mol. The number of ether oxygens (including phenoxy) is 1. The summed E-state index contributed by atoms with van der Waals surface area (Å²) < 4.78 is 7.00. The van der Waals surface area contributed by atoms with E-state index in [2.05, 4.69) is 49.1 Å². The van der Waals surface area contributed by atoms with Gasteiger partial charge in [-0.2, -0.15) is 0 Å². The van der Waals surface area contributed by atoms with E-state index in [4.69, 9.17) is 4.74 Å². The van der Waals surface area contributed by atoms with Gasteiger partial charge in [0.2, 0.25) is 0 Å². The molecule has 0 saturated carbocycles. The molecule has 0 bridgehead atoms. The van der Waals surface area contributed by atoms with Crippen LogP contribution in [0.2, 0.25) is 0 Å². The number of benzene rings is 2. The highest BCUT2D eigenvalue weighted by Crippen LogP contribution is 2.50. The third kappa shape index (κ3) is 3.07. The monoisotopic (exact) mass is 535 g/mol. The molecule has 30 heavy (non-hydrogen) atoms. The van der Waals surface area contributed by atoms with Gasteiger partial charge in [-0.05, 0) is 62.5 Å². The molecule has 2 aromatic rings. The molecule has 1 amide bonds. The number of fused-ring (bicyclic) bond motifs is 2. The van der Waals surface area contributed by atoms with Crippen molar-refractivity contribution in [3.05, 3.63) is 79.2 Å². The van der Waals surface area contributed by atoms with Crippen LogP contribution in [0, 0.1) is 10.1 Å². The zero-order chi connectivity index (χ0) is 21.6. The molecule has 0 aliphatic carbocycles. The Labute approximate surface area is 190 Å². The number of halogens is 2. The molecular formula is C21H19Br2N3O4. The predicted octanol–water partition coefficient (Wildman–Crippen LogP) is 4.34. The Balaban J connectivity index is 1.83. The molecule has 2 aliphatic rings. The lowest BCUT2D eigenvalue weighted by atomic mass is 9.78. The van der Waals surface area contributed by atoms with E-state index in [1.54, 1.807) is 30.3 Å². The molecular weight excluding hydrogens is 518 g/mol. The highest BCUT2D eigenvalue weighted by molar-refractivity contribution is 9.11. The van der Waals surface area contributed by atoms with Crippen LogP contribution in [0.3, 0.4) is 0 Å². The van der Waals surface area contributed by atoms with Crippen molar-refractivity contribution in [2.45, 2.75) is 30.5 Å². The molecule has 2 aromatic carbocycles. The maximum absolute atomic E-state index is 13.1. The Morgan fingerprint density at radius 3 is 2.60 bits per heavy atom. The summed E-state index contributed by atoms with van der Waals surface area (Å²) in [5, 5.41) is 18.4. The van der Waals surface area contributed by atoms with Crippen LogP contribution in [-0.2, 0) is 10.3 Å². The number of rotatable bonds is 5. The number of carbonyl (C=O) groups is 1.